The minimum Gasteiger partial charge on any atom is -0.357 e. The van der Waals surface area contributed by atoms with E-state index in [9.17, 15) is 0 Å². The van der Waals surface area contributed by atoms with Gasteiger partial charge < -0.3 is 9.62 Å². The minimum absolute atomic E-state index is 0.0438. The van der Waals surface area contributed by atoms with Crippen molar-refractivity contribution in [2.24, 2.45) is 0 Å². The Kier molecular flexibility index (Phi) is 3.48. The number of aromatic nitrogens is 2. The Hall–Kier alpha value is -3.68. The molecular weight excluding hydrogens is 443 g/mol. The lowest BCUT2D eigenvalue weighted by molar-refractivity contribution is 1.28. The number of rotatable bonds is 1. The lowest BCUT2D eigenvalue weighted by Gasteiger charge is -2.34. The van der Waals surface area contributed by atoms with Crippen LogP contribution in [0.4, 0.5) is 22.1 Å². The van der Waals surface area contributed by atoms with Crippen molar-refractivity contribution in [3.05, 3.63) is 91.5 Å². The summed E-state index contributed by atoms with van der Waals surface area (Å²) in [6.45, 7) is 0.0438. The number of thiophene rings is 2. The molecular formula is C26H15BN4S2. The quantitative estimate of drug-likeness (QED) is 0.261. The number of hydrogen-bond donors (Lipinski definition) is 0. The van der Waals surface area contributed by atoms with Crippen molar-refractivity contribution in [1.82, 2.24) is 9.97 Å². The fourth-order valence-electron chi connectivity index (χ4n) is 5.32. The molecule has 0 radical (unpaired) electrons. The van der Waals surface area contributed by atoms with Crippen LogP contribution in [-0.4, -0.2) is 17.0 Å². The van der Waals surface area contributed by atoms with Gasteiger partial charge in [0.05, 0.1) is 5.69 Å². The van der Waals surface area contributed by atoms with Gasteiger partial charge in [0.2, 0.25) is 0 Å². The van der Waals surface area contributed by atoms with Crippen molar-refractivity contribution in [2.45, 2.75) is 0 Å². The van der Waals surface area contributed by atoms with Crippen LogP contribution in [-0.2, 0) is 0 Å². The predicted molar refractivity (Wildman–Crippen MR) is 141 cm³/mol. The van der Waals surface area contributed by atoms with E-state index in [1.165, 1.54) is 52.5 Å². The molecule has 6 aromatic rings. The van der Waals surface area contributed by atoms with E-state index in [2.05, 4.69) is 80.3 Å². The van der Waals surface area contributed by atoms with Crippen LogP contribution in [0.25, 0.3) is 31.3 Å². The Balaban J connectivity index is 1.52. The van der Waals surface area contributed by atoms with E-state index in [1.807, 2.05) is 53.5 Å². The highest BCUT2D eigenvalue weighted by Gasteiger charge is 2.51. The Morgan fingerprint density at radius 3 is 2.33 bits per heavy atom. The molecule has 0 saturated carbocycles. The first kappa shape index (κ1) is 17.8. The van der Waals surface area contributed by atoms with Crippen molar-refractivity contribution >= 4 is 76.7 Å². The molecule has 0 fully saturated rings. The van der Waals surface area contributed by atoms with Crippen molar-refractivity contribution < 1.29 is 0 Å². The zero-order chi connectivity index (χ0) is 21.5. The molecule has 4 aromatic heterocycles. The van der Waals surface area contributed by atoms with Crippen LogP contribution in [0.1, 0.15) is 0 Å². The first-order chi connectivity index (χ1) is 16.4. The highest BCUT2D eigenvalue weighted by molar-refractivity contribution is 7.32. The maximum absolute atomic E-state index is 4.53. The molecule has 7 heteroatoms. The van der Waals surface area contributed by atoms with Gasteiger partial charge in [-0.3, -0.25) is 9.97 Å². The lowest BCUT2D eigenvalue weighted by Crippen LogP contribution is -2.54. The third-order valence-electron chi connectivity index (χ3n) is 6.61. The van der Waals surface area contributed by atoms with Gasteiger partial charge in [0.1, 0.15) is 5.00 Å². The first-order valence-corrected chi connectivity index (χ1v) is 12.5. The monoisotopic (exact) mass is 458 g/mol. The molecule has 154 valence electrons. The Bertz CT molecular complexity index is 1710. The molecule has 0 atom stereocenters. The van der Waals surface area contributed by atoms with Crippen LogP contribution in [0, 0.1) is 0 Å². The van der Waals surface area contributed by atoms with E-state index in [0.29, 0.717) is 0 Å². The van der Waals surface area contributed by atoms with Gasteiger partial charge in [-0.25, -0.2) is 0 Å². The maximum Gasteiger partial charge on any atom is 0.432 e. The molecule has 0 N–H and O–H groups in total. The zero-order valence-electron chi connectivity index (χ0n) is 17.3. The molecule has 33 heavy (non-hydrogen) atoms. The summed E-state index contributed by atoms with van der Waals surface area (Å²) in [5, 5.41) is 3.87. The second-order valence-electron chi connectivity index (χ2n) is 8.31. The number of pyridine rings is 2. The van der Waals surface area contributed by atoms with Gasteiger partial charge in [-0.2, -0.15) is 0 Å². The van der Waals surface area contributed by atoms with Gasteiger partial charge in [0.25, 0.3) is 0 Å². The minimum atomic E-state index is 0.0438. The van der Waals surface area contributed by atoms with Crippen LogP contribution < -0.4 is 14.4 Å². The second-order valence-corrected chi connectivity index (χ2v) is 10.4. The summed E-state index contributed by atoms with van der Waals surface area (Å²) >= 11 is 3.75. The number of anilines is 4. The van der Waals surface area contributed by atoms with Gasteiger partial charge in [0, 0.05) is 66.9 Å². The van der Waals surface area contributed by atoms with Crippen molar-refractivity contribution in [3.8, 4) is 11.1 Å². The topological polar surface area (TPSA) is 32.3 Å². The molecule has 2 aliphatic heterocycles. The molecule has 2 aliphatic rings. The standard InChI is InChI=1S/C26H15BN4S2/c1-3-9-21-17(7-1)23-19-15-29-13-11-20(19)31-26-24(18-8-2-4-10-22(18)33-26)30(27(31)25(23)32-21)16-6-5-12-28-14-16/h1-15H. The average Bonchev–Trinajstić information content (AvgIpc) is 3.53. The summed E-state index contributed by atoms with van der Waals surface area (Å²) < 4.78 is 3.96. The van der Waals surface area contributed by atoms with Crippen LogP contribution in [0.2, 0.25) is 0 Å². The van der Waals surface area contributed by atoms with Crippen LogP contribution >= 0.6 is 22.7 Å². The third-order valence-corrected chi connectivity index (χ3v) is 8.98. The smallest absolute Gasteiger partial charge is 0.357 e. The fourth-order valence-corrected chi connectivity index (χ4v) is 7.85. The Morgan fingerprint density at radius 1 is 0.697 bits per heavy atom. The van der Waals surface area contributed by atoms with Crippen LogP contribution in [0.3, 0.4) is 0 Å². The lowest BCUT2D eigenvalue weighted by atomic mass is 9.65. The number of hydrogen-bond acceptors (Lipinski definition) is 6. The van der Waals surface area contributed by atoms with E-state index < -0.39 is 0 Å². The maximum atomic E-state index is 4.53. The number of benzene rings is 2. The molecule has 2 aromatic carbocycles. The van der Waals surface area contributed by atoms with Gasteiger partial charge in [-0.1, -0.05) is 36.4 Å². The summed E-state index contributed by atoms with van der Waals surface area (Å²) in [5.74, 6) is 0. The van der Waals surface area contributed by atoms with Gasteiger partial charge in [-0.15, -0.1) is 22.7 Å². The van der Waals surface area contributed by atoms with Crippen LogP contribution in [0.5, 0.6) is 0 Å². The highest BCUT2D eigenvalue weighted by atomic mass is 32.1. The largest absolute Gasteiger partial charge is 0.432 e. The van der Waals surface area contributed by atoms with Crippen molar-refractivity contribution in [2.75, 3.05) is 9.62 Å². The third kappa shape index (κ3) is 2.25. The average molecular weight is 458 g/mol. The molecule has 0 spiro atoms. The predicted octanol–water partition coefficient (Wildman–Crippen LogP) is 6.57. The Morgan fingerprint density at radius 2 is 1.48 bits per heavy atom. The van der Waals surface area contributed by atoms with E-state index in [0.717, 1.165) is 5.69 Å². The van der Waals surface area contributed by atoms with Crippen LogP contribution in [0.15, 0.2) is 91.5 Å². The number of fused-ring (bicyclic) bond motifs is 12. The molecule has 0 saturated heterocycles. The van der Waals surface area contributed by atoms with E-state index >= 15 is 0 Å². The Labute approximate surface area is 198 Å². The molecule has 0 unspecified atom stereocenters. The molecule has 4 nitrogen and oxygen atoms in total. The molecule has 0 bridgehead atoms. The highest BCUT2D eigenvalue weighted by Crippen LogP contribution is 2.58. The summed E-state index contributed by atoms with van der Waals surface area (Å²) in [4.78, 5) is 14.0. The summed E-state index contributed by atoms with van der Waals surface area (Å²) in [7, 11) is 0. The summed E-state index contributed by atoms with van der Waals surface area (Å²) in [6, 6.07) is 23.8. The molecule has 6 heterocycles. The molecule has 0 aliphatic carbocycles. The van der Waals surface area contributed by atoms with E-state index in [1.54, 1.807) is 0 Å². The molecule has 0 amide bonds. The SMILES string of the molecule is c1cncc(N2B3c4sc5ccccc5c4-c4cnccc4N3c3sc4ccccc4c32)c1. The fraction of sp³-hybridized carbons (Fsp3) is 0. The van der Waals surface area contributed by atoms with Gasteiger partial charge >= 0.3 is 6.98 Å². The second kappa shape index (κ2) is 6.44. The normalized spacial score (nSPS) is 13.9. The van der Waals surface area contributed by atoms with Crippen molar-refractivity contribution in [3.63, 3.8) is 0 Å². The van der Waals surface area contributed by atoms with Crippen molar-refractivity contribution in [1.29, 1.82) is 0 Å². The van der Waals surface area contributed by atoms with Gasteiger partial charge in [-0.05, 0) is 35.7 Å². The zero-order valence-corrected chi connectivity index (χ0v) is 19.0. The number of nitrogens with zero attached hydrogens (tertiary/aromatic N) is 4. The van der Waals surface area contributed by atoms with E-state index in [-0.39, 0.29) is 6.98 Å². The van der Waals surface area contributed by atoms with Gasteiger partial charge in [0.15, 0.2) is 0 Å². The summed E-state index contributed by atoms with van der Waals surface area (Å²) in [5.41, 5.74) is 6.11. The first-order valence-electron chi connectivity index (χ1n) is 10.9. The van der Waals surface area contributed by atoms with E-state index in [4.69, 9.17) is 0 Å². The summed E-state index contributed by atoms with van der Waals surface area (Å²) in [6.07, 6.45) is 7.77. The molecule has 8 rings (SSSR count).